The predicted molar refractivity (Wildman–Crippen MR) is 112 cm³/mol. The zero-order valence-corrected chi connectivity index (χ0v) is 18.3. The first-order valence-corrected chi connectivity index (χ1v) is 10.5. The molecule has 2 N–H and O–H groups in total. The molecule has 1 atom stereocenters. The van der Waals surface area contributed by atoms with Gasteiger partial charge in [0.15, 0.2) is 15.8 Å². The lowest BCUT2D eigenvalue weighted by atomic mass is 10.1. The number of sulfone groups is 1. The van der Waals surface area contributed by atoms with E-state index in [-0.39, 0.29) is 29.7 Å². The molecule has 0 aliphatic carbocycles. The smallest absolute Gasteiger partial charge is 0.191 e. The van der Waals surface area contributed by atoms with Crippen molar-refractivity contribution in [3.05, 3.63) is 35.1 Å². The highest BCUT2D eigenvalue weighted by Crippen LogP contribution is 2.14. The molecule has 0 bridgehead atoms. The first kappa shape index (κ1) is 23.4. The molecule has 0 aliphatic rings. The third kappa shape index (κ3) is 9.07. The molecule has 0 fully saturated rings. The maximum Gasteiger partial charge on any atom is 0.191 e. The Morgan fingerprint density at radius 1 is 1.33 bits per heavy atom. The number of hydrogen-bond acceptors (Lipinski definition) is 4. The number of thioether (sulfide) groups is 1. The molecule has 0 amide bonds. The lowest BCUT2D eigenvalue weighted by Gasteiger charge is -2.16. The molecule has 0 spiro atoms. The van der Waals surface area contributed by atoms with Gasteiger partial charge in [-0.1, -0.05) is 13.0 Å². The minimum absolute atomic E-state index is 0. The van der Waals surface area contributed by atoms with Crippen molar-refractivity contribution in [3.8, 4) is 0 Å². The summed E-state index contributed by atoms with van der Waals surface area (Å²) in [4.78, 5) is 4.11. The molecule has 5 nitrogen and oxygen atoms in total. The molecule has 0 aromatic heterocycles. The van der Waals surface area contributed by atoms with E-state index in [0.29, 0.717) is 28.9 Å². The molecule has 0 saturated carbocycles. The van der Waals surface area contributed by atoms with Gasteiger partial charge in [-0.2, -0.15) is 11.8 Å². The quantitative estimate of drug-likeness (QED) is 0.350. The zero-order chi connectivity index (χ0) is 17.5. The number of nitrogens with zero attached hydrogens (tertiary/aromatic N) is 1. The average Bonchev–Trinajstić information content (AvgIpc) is 2.48. The maximum atomic E-state index is 13.5. The first-order valence-electron chi connectivity index (χ1n) is 7.17. The van der Waals surface area contributed by atoms with Crippen molar-refractivity contribution in [1.29, 1.82) is 0 Å². The van der Waals surface area contributed by atoms with Crippen LogP contribution >= 0.6 is 35.7 Å². The van der Waals surface area contributed by atoms with Crippen LogP contribution in [-0.2, 0) is 22.1 Å². The van der Waals surface area contributed by atoms with Crippen LogP contribution in [0.15, 0.2) is 23.2 Å². The van der Waals surface area contributed by atoms with Crippen LogP contribution in [-0.4, -0.2) is 45.7 Å². The van der Waals surface area contributed by atoms with E-state index < -0.39 is 15.7 Å². The number of guanidine groups is 1. The Hall–Kier alpha value is -0.550. The summed E-state index contributed by atoms with van der Waals surface area (Å²) in [7, 11) is -1.53. The minimum atomic E-state index is -3.18. The second kappa shape index (κ2) is 11.1. The van der Waals surface area contributed by atoms with Crippen LogP contribution in [0, 0.1) is 5.82 Å². The number of aliphatic imine (C=N–C) groups is 1. The zero-order valence-electron chi connectivity index (χ0n) is 14.3. The average molecular weight is 489 g/mol. The summed E-state index contributed by atoms with van der Waals surface area (Å²) >= 11 is 1.74. The van der Waals surface area contributed by atoms with E-state index in [9.17, 15) is 12.8 Å². The van der Waals surface area contributed by atoms with Gasteiger partial charge in [-0.15, -0.1) is 24.0 Å². The minimum Gasteiger partial charge on any atom is -0.355 e. The summed E-state index contributed by atoms with van der Waals surface area (Å²) in [6.45, 7) is 3.15. The molecule has 1 rings (SSSR count). The fourth-order valence-electron chi connectivity index (χ4n) is 1.91. The van der Waals surface area contributed by atoms with Crippen LogP contribution in [0.5, 0.6) is 0 Å². The van der Waals surface area contributed by atoms with Crippen LogP contribution in [0.4, 0.5) is 4.39 Å². The lowest BCUT2D eigenvalue weighted by Crippen LogP contribution is -2.39. The van der Waals surface area contributed by atoms with Gasteiger partial charge in [0.05, 0.1) is 5.75 Å². The van der Waals surface area contributed by atoms with Gasteiger partial charge in [0.2, 0.25) is 0 Å². The molecule has 1 aromatic carbocycles. The molecular formula is C15H25FIN3O2S2. The van der Waals surface area contributed by atoms with Gasteiger partial charge in [0.25, 0.3) is 0 Å². The second-order valence-corrected chi connectivity index (χ2v) is 8.75. The van der Waals surface area contributed by atoms with Gasteiger partial charge < -0.3 is 10.6 Å². The molecule has 138 valence electrons. The van der Waals surface area contributed by atoms with E-state index >= 15 is 0 Å². The van der Waals surface area contributed by atoms with E-state index in [1.165, 1.54) is 18.2 Å². The van der Waals surface area contributed by atoms with Gasteiger partial charge in [-0.3, -0.25) is 4.99 Å². The summed E-state index contributed by atoms with van der Waals surface area (Å²) in [5.41, 5.74) is 1.20. The van der Waals surface area contributed by atoms with Crippen LogP contribution in [0.2, 0.25) is 0 Å². The summed E-state index contributed by atoms with van der Waals surface area (Å²) in [6.07, 6.45) is 3.20. The fourth-order valence-corrected chi connectivity index (χ4v) is 3.00. The molecule has 9 heteroatoms. The summed E-state index contributed by atoms with van der Waals surface area (Å²) < 4.78 is 36.4. The van der Waals surface area contributed by atoms with Crippen molar-refractivity contribution >= 4 is 51.5 Å². The highest BCUT2D eigenvalue weighted by molar-refractivity contribution is 14.0. The molecule has 1 unspecified atom stereocenters. The fraction of sp³-hybridized carbons (Fsp3) is 0.533. The number of hydrogen-bond donors (Lipinski definition) is 2. The van der Waals surface area contributed by atoms with Crippen LogP contribution < -0.4 is 10.6 Å². The molecular weight excluding hydrogens is 464 g/mol. The van der Waals surface area contributed by atoms with Crippen molar-refractivity contribution < 1.29 is 12.8 Å². The highest BCUT2D eigenvalue weighted by Gasteiger charge is 2.11. The van der Waals surface area contributed by atoms with Crippen molar-refractivity contribution in [2.24, 2.45) is 4.99 Å². The van der Waals surface area contributed by atoms with Crippen molar-refractivity contribution in [3.63, 3.8) is 0 Å². The molecule has 0 aliphatic heterocycles. The van der Waals surface area contributed by atoms with Crippen molar-refractivity contribution in [2.45, 2.75) is 24.5 Å². The third-order valence-corrected chi connectivity index (χ3v) is 5.02. The Kier molecular flexibility index (Phi) is 10.9. The lowest BCUT2D eigenvalue weighted by molar-refractivity contribution is 0.599. The van der Waals surface area contributed by atoms with Crippen molar-refractivity contribution in [2.75, 3.05) is 26.1 Å². The van der Waals surface area contributed by atoms with E-state index in [1.807, 2.05) is 6.26 Å². The molecule has 0 radical (unpaired) electrons. The number of rotatable bonds is 7. The van der Waals surface area contributed by atoms with E-state index in [1.54, 1.807) is 18.8 Å². The Labute approximate surface area is 165 Å². The van der Waals surface area contributed by atoms with Gasteiger partial charge in [0, 0.05) is 31.6 Å². The van der Waals surface area contributed by atoms with Crippen LogP contribution in [0.3, 0.4) is 0 Å². The molecule has 24 heavy (non-hydrogen) atoms. The second-order valence-electron chi connectivity index (χ2n) is 5.34. The SMILES string of the molecule is CN=C(NCc1cc(F)ccc1CS(C)(=O)=O)NCC(C)SC.I. The Morgan fingerprint density at radius 3 is 2.54 bits per heavy atom. The van der Waals surface area contributed by atoms with Crippen molar-refractivity contribution in [1.82, 2.24) is 10.6 Å². The molecule has 0 heterocycles. The Balaban J connectivity index is 0.00000529. The third-order valence-electron chi connectivity index (χ3n) is 3.22. The molecule has 1 aromatic rings. The standard InChI is InChI=1S/C15H24FN3O2S2.HI/c1-11(22-3)8-18-15(17-2)19-9-13-7-14(16)6-5-12(13)10-23(4,20)21;/h5-7,11H,8-10H2,1-4H3,(H2,17,18,19);1H. The number of halogens is 2. The van der Waals surface area contributed by atoms with E-state index in [2.05, 4.69) is 22.5 Å². The van der Waals surface area contributed by atoms with Gasteiger partial charge in [-0.05, 0) is 29.5 Å². The highest BCUT2D eigenvalue weighted by atomic mass is 127. The summed E-state index contributed by atoms with van der Waals surface area (Å²) in [6, 6.07) is 4.14. The van der Waals surface area contributed by atoms with Crippen LogP contribution in [0.25, 0.3) is 0 Å². The van der Waals surface area contributed by atoms with Crippen LogP contribution in [0.1, 0.15) is 18.1 Å². The monoisotopic (exact) mass is 489 g/mol. The summed E-state index contributed by atoms with van der Waals surface area (Å²) in [5, 5.41) is 6.70. The van der Waals surface area contributed by atoms with E-state index in [0.717, 1.165) is 12.8 Å². The Morgan fingerprint density at radius 2 is 2.00 bits per heavy atom. The maximum absolute atomic E-state index is 13.5. The normalized spacial score (nSPS) is 13.1. The van der Waals surface area contributed by atoms with Gasteiger partial charge in [-0.25, -0.2) is 12.8 Å². The summed E-state index contributed by atoms with van der Waals surface area (Å²) in [5.74, 6) is 0.0956. The first-order chi connectivity index (χ1) is 10.7. The number of nitrogens with one attached hydrogen (secondary N) is 2. The predicted octanol–water partition coefficient (Wildman–Crippen LogP) is 2.40. The van der Waals surface area contributed by atoms with E-state index in [4.69, 9.17) is 0 Å². The Bertz CT molecular complexity index is 654. The number of benzene rings is 1. The molecule has 0 saturated heterocycles. The van der Waals surface area contributed by atoms with Gasteiger partial charge in [0.1, 0.15) is 5.82 Å². The largest absolute Gasteiger partial charge is 0.355 e. The topological polar surface area (TPSA) is 70.6 Å². The van der Waals surface area contributed by atoms with Gasteiger partial charge >= 0.3 is 0 Å².